The SMILES string of the molecule is N#CCOC(=O)C1CCC(F)C1. The molecule has 2 atom stereocenters. The van der Waals surface area contributed by atoms with Crippen molar-refractivity contribution in [2.75, 3.05) is 6.61 Å². The molecule has 0 aromatic heterocycles. The second kappa shape index (κ2) is 4.05. The summed E-state index contributed by atoms with van der Waals surface area (Å²) in [6.07, 6.45) is 0.367. The van der Waals surface area contributed by atoms with Gasteiger partial charge in [0.25, 0.3) is 0 Å². The van der Waals surface area contributed by atoms with Gasteiger partial charge in [-0.3, -0.25) is 4.79 Å². The maximum absolute atomic E-state index is 12.6. The highest BCUT2D eigenvalue weighted by Crippen LogP contribution is 2.28. The van der Waals surface area contributed by atoms with Crippen molar-refractivity contribution in [2.24, 2.45) is 5.92 Å². The normalized spacial score (nSPS) is 28.0. The van der Waals surface area contributed by atoms with Gasteiger partial charge in [-0.25, -0.2) is 4.39 Å². The van der Waals surface area contributed by atoms with E-state index >= 15 is 0 Å². The first-order valence-electron chi connectivity index (χ1n) is 3.91. The summed E-state index contributed by atoms with van der Waals surface area (Å²) in [4.78, 5) is 11.0. The van der Waals surface area contributed by atoms with Gasteiger partial charge in [0.05, 0.1) is 5.92 Å². The van der Waals surface area contributed by atoms with Crippen molar-refractivity contribution >= 4 is 5.97 Å². The molecule has 0 radical (unpaired) electrons. The van der Waals surface area contributed by atoms with Gasteiger partial charge in [-0.05, 0) is 19.3 Å². The molecule has 0 aromatic carbocycles. The van der Waals surface area contributed by atoms with E-state index in [0.29, 0.717) is 12.8 Å². The van der Waals surface area contributed by atoms with Crippen LogP contribution in [0.1, 0.15) is 19.3 Å². The minimum absolute atomic E-state index is 0.230. The topological polar surface area (TPSA) is 50.1 Å². The van der Waals surface area contributed by atoms with Crippen LogP contribution in [0.4, 0.5) is 4.39 Å². The van der Waals surface area contributed by atoms with Crippen molar-refractivity contribution in [3.63, 3.8) is 0 Å². The lowest BCUT2D eigenvalue weighted by Crippen LogP contribution is -2.15. The Morgan fingerprint density at radius 3 is 2.92 bits per heavy atom. The number of hydrogen-bond donors (Lipinski definition) is 0. The van der Waals surface area contributed by atoms with E-state index in [1.807, 2.05) is 0 Å². The molecule has 0 N–H and O–H groups in total. The molecule has 0 amide bonds. The van der Waals surface area contributed by atoms with Crippen LogP contribution < -0.4 is 0 Å². The molecule has 0 aromatic rings. The molecule has 12 heavy (non-hydrogen) atoms. The fourth-order valence-corrected chi connectivity index (χ4v) is 1.36. The van der Waals surface area contributed by atoms with Gasteiger partial charge in [0.2, 0.25) is 0 Å². The minimum Gasteiger partial charge on any atom is -0.450 e. The summed E-state index contributed by atoms with van der Waals surface area (Å²) in [6.45, 7) is -0.230. The quantitative estimate of drug-likeness (QED) is 0.586. The Labute approximate surface area is 70.1 Å². The number of nitrogens with zero attached hydrogens (tertiary/aromatic N) is 1. The predicted octanol–water partition coefficient (Wildman–Crippen LogP) is 1.19. The second-order valence-corrected chi connectivity index (χ2v) is 2.87. The van der Waals surface area contributed by atoms with Gasteiger partial charge in [0.1, 0.15) is 12.2 Å². The summed E-state index contributed by atoms with van der Waals surface area (Å²) in [7, 11) is 0. The van der Waals surface area contributed by atoms with E-state index in [-0.39, 0.29) is 18.9 Å². The van der Waals surface area contributed by atoms with Crippen LogP contribution >= 0.6 is 0 Å². The number of carbonyl (C=O) groups is 1. The summed E-state index contributed by atoms with van der Waals surface area (Å²) in [5.74, 6) is -0.759. The summed E-state index contributed by atoms with van der Waals surface area (Å²) in [6, 6.07) is 1.70. The van der Waals surface area contributed by atoms with Crippen molar-refractivity contribution in [3.05, 3.63) is 0 Å². The number of ether oxygens (including phenoxy) is 1. The predicted molar refractivity (Wildman–Crippen MR) is 38.8 cm³/mol. The molecule has 1 aliphatic rings. The first-order chi connectivity index (χ1) is 5.74. The van der Waals surface area contributed by atoms with Gasteiger partial charge in [0.15, 0.2) is 6.61 Å². The van der Waals surface area contributed by atoms with Gasteiger partial charge in [0, 0.05) is 0 Å². The monoisotopic (exact) mass is 171 g/mol. The number of rotatable bonds is 2. The van der Waals surface area contributed by atoms with Crippen molar-refractivity contribution in [3.8, 4) is 6.07 Å². The number of nitriles is 1. The molecule has 3 nitrogen and oxygen atoms in total. The lowest BCUT2D eigenvalue weighted by molar-refractivity contribution is -0.146. The third-order valence-corrected chi connectivity index (χ3v) is 1.98. The molecule has 1 aliphatic carbocycles. The van der Waals surface area contributed by atoms with Crippen molar-refractivity contribution in [1.82, 2.24) is 0 Å². The highest BCUT2D eigenvalue weighted by atomic mass is 19.1. The van der Waals surface area contributed by atoms with Gasteiger partial charge < -0.3 is 4.74 Å². The molecular formula is C8H10FNO2. The molecular weight excluding hydrogens is 161 g/mol. The lowest BCUT2D eigenvalue weighted by atomic mass is 10.1. The van der Waals surface area contributed by atoms with Crippen molar-refractivity contribution in [2.45, 2.75) is 25.4 Å². The molecule has 0 saturated heterocycles. The number of halogens is 1. The molecule has 66 valence electrons. The summed E-state index contributed by atoms with van der Waals surface area (Å²) in [5, 5.41) is 8.11. The number of alkyl halides is 1. The van der Waals surface area contributed by atoms with Crippen LogP contribution in [-0.2, 0) is 9.53 Å². The zero-order chi connectivity index (χ0) is 8.97. The van der Waals surface area contributed by atoms with E-state index in [2.05, 4.69) is 4.74 Å². The molecule has 0 spiro atoms. The highest BCUT2D eigenvalue weighted by Gasteiger charge is 2.30. The van der Waals surface area contributed by atoms with Crippen LogP contribution in [0.5, 0.6) is 0 Å². The Balaban J connectivity index is 2.29. The van der Waals surface area contributed by atoms with Crippen LogP contribution in [-0.4, -0.2) is 18.7 Å². The van der Waals surface area contributed by atoms with E-state index in [4.69, 9.17) is 5.26 Å². The minimum atomic E-state index is -0.871. The zero-order valence-corrected chi connectivity index (χ0v) is 6.62. The van der Waals surface area contributed by atoms with E-state index in [0.717, 1.165) is 0 Å². The Hall–Kier alpha value is -1.11. The third-order valence-electron chi connectivity index (χ3n) is 1.98. The largest absolute Gasteiger partial charge is 0.450 e. The molecule has 2 unspecified atom stereocenters. The molecule has 4 heteroatoms. The van der Waals surface area contributed by atoms with E-state index < -0.39 is 12.1 Å². The summed E-state index contributed by atoms with van der Waals surface area (Å²) < 4.78 is 17.1. The first kappa shape index (κ1) is 8.98. The van der Waals surface area contributed by atoms with Crippen LogP contribution in [0, 0.1) is 17.2 Å². The maximum Gasteiger partial charge on any atom is 0.310 e. The molecule has 1 fully saturated rings. The Bertz CT molecular complexity index is 212. The molecule has 1 rings (SSSR count). The summed E-state index contributed by atoms with van der Waals surface area (Å²) >= 11 is 0. The Morgan fingerprint density at radius 1 is 1.67 bits per heavy atom. The molecule has 0 heterocycles. The van der Waals surface area contributed by atoms with Crippen LogP contribution in [0.15, 0.2) is 0 Å². The smallest absolute Gasteiger partial charge is 0.310 e. The molecule has 0 bridgehead atoms. The molecule has 0 aliphatic heterocycles. The number of carbonyl (C=O) groups excluding carboxylic acids is 1. The Morgan fingerprint density at radius 2 is 2.42 bits per heavy atom. The van der Waals surface area contributed by atoms with E-state index in [9.17, 15) is 9.18 Å². The van der Waals surface area contributed by atoms with Crippen LogP contribution in [0.25, 0.3) is 0 Å². The van der Waals surface area contributed by atoms with Crippen molar-refractivity contribution in [1.29, 1.82) is 5.26 Å². The van der Waals surface area contributed by atoms with Gasteiger partial charge in [-0.2, -0.15) is 5.26 Å². The van der Waals surface area contributed by atoms with E-state index in [1.165, 1.54) is 0 Å². The fourth-order valence-electron chi connectivity index (χ4n) is 1.36. The van der Waals surface area contributed by atoms with Gasteiger partial charge in [-0.1, -0.05) is 0 Å². The fraction of sp³-hybridized carbons (Fsp3) is 0.750. The first-order valence-corrected chi connectivity index (χ1v) is 3.91. The maximum atomic E-state index is 12.6. The van der Waals surface area contributed by atoms with Crippen molar-refractivity contribution < 1.29 is 13.9 Å². The number of hydrogen-bond acceptors (Lipinski definition) is 3. The highest BCUT2D eigenvalue weighted by molar-refractivity contribution is 5.72. The number of esters is 1. The average Bonchev–Trinajstić information content (AvgIpc) is 2.47. The lowest BCUT2D eigenvalue weighted by Gasteiger charge is -2.05. The Kier molecular flexibility index (Phi) is 3.03. The van der Waals surface area contributed by atoms with Gasteiger partial charge >= 0.3 is 5.97 Å². The van der Waals surface area contributed by atoms with E-state index in [1.54, 1.807) is 6.07 Å². The van der Waals surface area contributed by atoms with Crippen LogP contribution in [0.2, 0.25) is 0 Å². The van der Waals surface area contributed by atoms with Crippen LogP contribution in [0.3, 0.4) is 0 Å². The standard InChI is InChI=1S/C8H10FNO2/c9-7-2-1-6(5-7)8(11)12-4-3-10/h6-7H,1-2,4-5H2. The van der Waals surface area contributed by atoms with Gasteiger partial charge in [-0.15, -0.1) is 0 Å². The zero-order valence-electron chi connectivity index (χ0n) is 6.62. The third kappa shape index (κ3) is 2.19. The second-order valence-electron chi connectivity index (χ2n) is 2.87. The summed E-state index contributed by atoms with van der Waals surface area (Å²) in [5.41, 5.74) is 0. The average molecular weight is 171 g/mol. The molecule has 1 saturated carbocycles.